The molecule has 0 heteroatoms. The second-order valence-electron chi connectivity index (χ2n) is 6.48. The van der Waals surface area contributed by atoms with Crippen LogP contribution in [0, 0.1) is 0 Å². The van der Waals surface area contributed by atoms with Crippen LogP contribution in [-0.2, 0) is 0 Å². The van der Waals surface area contributed by atoms with Crippen LogP contribution in [0.2, 0.25) is 0 Å². The Labute approximate surface area is 138 Å². The Balaban J connectivity index is 1.83. The molecule has 0 radical (unpaired) electrons. The lowest BCUT2D eigenvalue weighted by Crippen LogP contribution is -2.02. The molecular formula is C23H22. The fraction of sp³-hybridized carbons (Fsp3) is 0.217. The van der Waals surface area contributed by atoms with Gasteiger partial charge >= 0.3 is 0 Å². The predicted molar refractivity (Wildman–Crippen MR) is 99.6 cm³/mol. The SMILES string of the molecule is CCCC1=CC2=CC=CCC(c3cccc4ccccc34)C2=C1. The van der Waals surface area contributed by atoms with E-state index >= 15 is 0 Å². The van der Waals surface area contributed by atoms with Crippen LogP contribution in [0.3, 0.4) is 0 Å². The minimum absolute atomic E-state index is 0.455. The van der Waals surface area contributed by atoms with Crippen molar-refractivity contribution in [3.05, 3.63) is 95.1 Å². The molecule has 2 aromatic carbocycles. The van der Waals surface area contributed by atoms with Crippen LogP contribution in [0.25, 0.3) is 10.8 Å². The zero-order valence-corrected chi connectivity index (χ0v) is 13.6. The van der Waals surface area contributed by atoms with Gasteiger partial charge in [0.05, 0.1) is 0 Å². The van der Waals surface area contributed by atoms with Crippen LogP contribution >= 0.6 is 0 Å². The molecule has 0 aromatic heterocycles. The van der Waals surface area contributed by atoms with Gasteiger partial charge in [-0.1, -0.05) is 86.2 Å². The predicted octanol–water partition coefficient (Wildman–Crippen LogP) is 6.48. The van der Waals surface area contributed by atoms with E-state index in [1.165, 1.54) is 45.9 Å². The number of benzene rings is 2. The molecule has 0 aliphatic heterocycles. The average molecular weight is 298 g/mol. The number of allylic oxidation sites excluding steroid dienone is 8. The molecule has 2 aliphatic carbocycles. The lowest BCUT2D eigenvalue weighted by Gasteiger charge is -2.20. The van der Waals surface area contributed by atoms with Gasteiger partial charge in [-0.05, 0) is 45.9 Å². The Morgan fingerprint density at radius 3 is 2.78 bits per heavy atom. The van der Waals surface area contributed by atoms with Crippen LogP contribution in [0.1, 0.15) is 37.7 Å². The Bertz CT molecular complexity index is 853. The van der Waals surface area contributed by atoms with Gasteiger partial charge in [0.15, 0.2) is 0 Å². The summed E-state index contributed by atoms with van der Waals surface area (Å²) in [6.07, 6.45) is 15.1. The topological polar surface area (TPSA) is 0 Å². The number of fused-ring (bicyclic) bond motifs is 2. The average Bonchev–Trinajstić information content (AvgIpc) is 2.88. The molecule has 2 aromatic rings. The molecule has 0 heterocycles. The minimum atomic E-state index is 0.455. The lowest BCUT2D eigenvalue weighted by atomic mass is 9.84. The van der Waals surface area contributed by atoms with E-state index in [1.807, 2.05) is 0 Å². The summed E-state index contributed by atoms with van der Waals surface area (Å²) < 4.78 is 0. The first kappa shape index (κ1) is 14.3. The second-order valence-corrected chi connectivity index (χ2v) is 6.48. The highest BCUT2D eigenvalue weighted by Crippen LogP contribution is 2.42. The first-order chi connectivity index (χ1) is 11.4. The summed E-state index contributed by atoms with van der Waals surface area (Å²) in [6, 6.07) is 15.5. The molecule has 2 aliphatic rings. The minimum Gasteiger partial charge on any atom is -0.0836 e. The van der Waals surface area contributed by atoms with Crippen molar-refractivity contribution in [3.63, 3.8) is 0 Å². The van der Waals surface area contributed by atoms with E-state index in [2.05, 4.69) is 79.8 Å². The van der Waals surface area contributed by atoms with Crippen molar-refractivity contribution in [3.8, 4) is 0 Å². The summed E-state index contributed by atoms with van der Waals surface area (Å²) in [5.74, 6) is 0.455. The lowest BCUT2D eigenvalue weighted by molar-refractivity contribution is 0.834. The third-order valence-corrected chi connectivity index (χ3v) is 4.91. The summed E-state index contributed by atoms with van der Waals surface area (Å²) in [7, 11) is 0. The Kier molecular flexibility index (Phi) is 3.75. The highest BCUT2D eigenvalue weighted by molar-refractivity contribution is 5.87. The molecule has 0 saturated heterocycles. The van der Waals surface area contributed by atoms with Crippen molar-refractivity contribution in [2.75, 3.05) is 0 Å². The van der Waals surface area contributed by atoms with Gasteiger partial charge in [0.2, 0.25) is 0 Å². The van der Waals surface area contributed by atoms with E-state index in [4.69, 9.17) is 0 Å². The van der Waals surface area contributed by atoms with Crippen molar-refractivity contribution in [1.29, 1.82) is 0 Å². The zero-order valence-electron chi connectivity index (χ0n) is 13.6. The summed E-state index contributed by atoms with van der Waals surface area (Å²) >= 11 is 0. The Hall–Kier alpha value is -2.34. The highest BCUT2D eigenvalue weighted by atomic mass is 14.3. The van der Waals surface area contributed by atoms with Crippen molar-refractivity contribution >= 4 is 10.8 Å². The van der Waals surface area contributed by atoms with E-state index in [-0.39, 0.29) is 0 Å². The van der Waals surface area contributed by atoms with E-state index in [9.17, 15) is 0 Å². The van der Waals surface area contributed by atoms with Crippen molar-refractivity contribution in [2.24, 2.45) is 0 Å². The third kappa shape index (κ3) is 2.59. The fourth-order valence-electron chi connectivity index (χ4n) is 3.85. The van der Waals surface area contributed by atoms with Crippen molar-refractivity contribution < 1.29 is 0 Å². The largest absolute Gasteiger partial charge is 0.0836 e. The molecule has 0 saturated carbocycles. The Morgan fingerprint density at radius 2 is 1.87 bits per heavy atom. The third-order valence-electron chi connectivity index (χ3n) is 4.91. The number of hydrogen-bond acceptors (Lipinski definition) is 0. The Morgan fingerprint density at radius 1 is 1.00 bits per heavy atom. The van der Waals surface area contributed by atoms with Crippen LogP contribution in [0.5, 0.6) is 0 Å². The molecule has 0 nitrogen and oxygen atoms in total. The maximum atomic E-state index is 2.44. The van der Waals surface area contributed by atoms with E-state index < -0.39 is 0 Å². The monoisotopic (exact) mass is 298 g/mol. The zero-order chi connectivity index (χ0) is 15.6. The van der Waals surface area contributed by atoms with Crippen LogP contribution in [-0.4, -0.2) is 0 Å². The quantitative estimate of drug-likeness (QED) is 0.608. The fourth-order valence-corrected chi connectivity index (χ4v) is 3.85. The summed E-state index contributed by atoms with van der Waals surface area (Å²) in [6.45, 7) is 2.25. The maximum Gasteiger partial charge on any atom is 0.0136 e. The first-order valence-electron chi connectivity index (χ1n) is 8.64. The van der Waals surface area contributed by atoms with Gasteiger partial charge in [-0.25, -0.2) is 0 Å². The van der Waals surface area contributed by atoms with Crippen LogP contribution in [0.4, 0.5) is 0 Å². The molecule has 0 bridgehead atoms. The molecule has 1 atom stereocenters. The van der Waals surface area contributed by atoms with Gasteiger partial charge in [0.1, 0.15) is 0 Å². The molecule has 0 N–H and O–H groups in total. The van der Waals surface area contributed by atoms with Gasteiger partial charge in [-0.15, -0.1) is 0 Å². The van der Waals surface area contributed by atoms with E-state index in [1.54, 1.807) is 0 Å². The van der Waals surface area contributed by atoms with Gasteiger partial charge in [0, 0.05) is 5.92 Å². The molecular weight excluding hydrogens is 276 g/mol. The van der Waals surface area contributed by atoms with Crippen molar-refractivity contribution in [2.45, 2.75) is 32.1 Å². The van der Waals surface area contributed by atoms with Gasteiger partial charge in [0.25, 0.3) is 0 Å². The summed E-state index contributed by atoms with van der Waals surface area (Å²) in [4.78, 5) is 0. The van der Waals surface area contributed by atoms with Crippen LogP contribution in [0.15, 0.2) is 89.6 Å². The normalized spacial score (nSPS) is 19.9. The smallest absolute Gasteiger partial charge is 0.0136 e. The van der Waals surface area contributed by atoms with Gasteiger partial charge in [-0.3, -0.25) is 0 Å². The van der Waals surface area contributed by atoms with Crippen LogP contribution < -0.4 is 0 Å². The maximum absolute atomic E-state index is 2.44. The molecule has 0 fully saturated rings. The number of rotatable bonds is 3. The number of hydrogen-bond donors (Lipinski definition) is 0. The molecule has 0 amide bonds. The summed E-state index contributed by atoms with van der Waals surface area (Å²) in [5, 5.41) is 2.73. The molecule has 114 valence electrons. The van der Waals surface area contributed by atoms with Gasteiger partial charge in [-0.2, -0.15) is 0 Å². The molecule has 0 spiro atoms. The van der Waals surface area contributed by atoms with Crippen molar-refractivity contribution in [1.82, 2.24) is 0 Å². The van der Waals surface area contributed by atoms with Gasteiger partial charge < -0.3 is 0 Å². The van der Waals surface area contributed by atoms with E-state index in [0.717, 1.165) is 6.42 Å². The highest BCUT2D eigenvalue weighted by Gasteiger charge is 2.24. The molecule has 4 rings (SSSR count). The standard InChI is InChI=1S/C23H22/c1-2-8-17-15-19-10-4-6-13-22(23(19)16-17)21-14-7-11-18-9-3-5-12-20(18)21/h3-7,9-12,14-16,22H,2,8,13H2,1H3. The second kappa shape index (κ2) is 6.04. The molecule has 1 unspecified atom stereocenters. The molecule has 23 heavy (non-hydrogen) atoms. The summed E-state index contributed by atoms with van der Waals surface area (Å²) in [5.41, 5.74) is 5.84. The van der Waals surface area contributed by atoms with E-state index in [0.29, 0.717) is 5.92 Å². The first-order valence-corrected chi connectivity index (χ1v) is 8.64.